The van der Waals surface area contributed by atoms with Crippen LogP contribution >= 0.6 is 0 Å². The van der Waals surface area contributed by atoms with Gasteiger partial charge in [-0.3, -0.25) is 4.98 Å². The number of carbonyl (C=O) groups is 1. The van der Waals surface area contributed by atoms with E-state index in [2.05, 4.69) is 35.8 Å². The Morgan fingerprint density at radius 1 is 1.02 bits per heavy atom. The third-order valence-electron chi connectivity index (χ3n) is 6.93. The number of ether oxygens (including phenoxy) is 2. The maximum absolute atomic E-state index is 12.4. The van der Waals surface area contributed by atoms with E-state index < -0.39 is 5.60 Å². The quantitative estimate of drug-likeness (QED) is 0.403. The summed E-state index contributed by atoms with van der Waals surface area (Å²) < 4.78 is 13.2. The van der Waals surface area contributed by atoms with Crippen LogP contribution in [0.25, 0.3) is 22.6 Å². The summed E-state index contributed by atoms with van der Waals surface area (Å²) in [7, 11) is 1.57. The highest BCUT2D eigenvalue weighted by atomic mass is 16.6. The molecule has 4 aliphatic rings. The number of pyridine rings is 3. The van der Waals surface area contributed by atoms with E-state index in [0.717, 1.165) is 47.4 Å². The van der Waals surface area contributed by atoms with Crippen LogP contribution < -0.4 is 20.6 Å². The minimum atomic E-state index is -0.518. The highest BCUT2D eigenvalue weighted by Crippen LogP contribution is 2.35. The summed E-state index contributed by atoms with van der Waals surface area (Å²) in [5, 5.41) is 3.47. The van der Waals surface area contributed by atoms with Gasteiger partial charge in [0.1, 0.15) is 28.7 Å². The molecule has 41 heavy (non-hydrogen) atoms. The first-order chi connectivity index (χ1) is 19.8. The number of rotatable bonds is 4. The van der Waals surface area contributed by atoms with Gasteiger partial charge in [-0.15, -0.1) is 0 Å². The molecule has 0 unspecified atom stereocenters. The van der Waals surface area contributed by atoms with E-state index in [1.165, 1.54) is 0 Å². The number of anilines is 2. The van der Waals surface area contributed by atoms with Crippen molar-refractivity contribution in [3.05, 3.63) is 54.4 Å². The van der Waals surface area contributed by atoms with Gasteiger partial charge in [0.25, 0.3) is 5.62 Å². The molecule has 6 rings (SSSR count). The largest absolute Gasteiger partial charge is 0.479 e. The summed E-state index contributed by atoms with van der Waals surface area (Å²) >= 11 is 0. The summed E-state index contributed by atoms with van der Waals surface area (Å²) in [6.45, 7) is 9.57. The van der Waals surface area contributed by atoms with Crippen LogP contribution in [0.15, 0.2) is 53.8 Å². The predicted octanol–water partition coefficient (Wildman–Crippen LogP) is 3.56. The van der Waals surface area contributed by atoms with E-state index in [-0.39, 0.29) is 6.09 Å². The zero-order valence-electron chi connectivity index (χ0n) is 23.7. The van der Waals surface area contributed by atoms with Crippen LogP contribution in [0.1, 0.15) is 20.8 Å². The SMILES string of the molecule is COc1nc(N2CCN(C(=O)OC(C)(C)C)CC2)ccc1N=c1ncc2cc(-c3ccccn3)c3n(c-2n1)CCN3. The van der Waals surface area contributed by atoms with Gasteiger partial charge < -0.3 is 29.2 Å². The first kappa shape index (κ1) is 26.5. The van der Waals surface area contributed by atoms with Crippen molar-refractivity contribution >= 4 is 23.4 Å². The molecule has 2 aromatic rings. The predicted molar refractivity (Wildman–Crippen MR) is 154 cm³/mol. The second kappa shape index (κ2) is 10.7. The van der Waals surface area contributed by atoms with Gasteiger partial charge in [0.2, 0.25) is 5.88 Å². The number of nitrogens with one attached hydrogen (secondary N) is 1. The van der Waals surface area contributed by atoms with Gasteiger partial charge in [-0.05, 0) is 51.1 Å². The third-order valence-corrected chi connectivity index (χ3v) is 6.93. The lowest BCUT2D eigenvalue weighted by Gasteiger charge is -2.36. The molecule has 0 bridgehead atoms. The Hall–Kier alpha value is -4.74. The molecular weight excluding hydrogens is 522 g/mol. The summed E-state index contributed by atoms with van der Waals surface area (Å²) in [5.74, 6) is 2.91. The highest BCUT2D eigenvalue weighted by Gasteiger charge is 2.27. The number of hydrogen-bond acceptors (Lipinski definition) is 10. The molecule has 1 N–H and O–H groups in total. The van der Waals surface area contributed by atoms with Crippen molar-refractivity contribution < 1.29 is 14.3 Å². The standard InChI is InChI=1S/C29H33N9O3/c1-29(2,3)41-28(39)37-15-13-36(14-16-37)23-9-8-22(26(34-23)40-4)33-27-32-18-19-17-20(21-7-5-6-10-30-21)25-31-11-12-38(25)24(19)35-27/h5-10,17-18,31H,11-16H2,1-4H3. The molecule has 0 saturated carbocycles. The van der Waals surface area contributed by atoms with E-state index in [0.29, 0.717) is 43.4 Å². The minimum absolute atomic E-state index is 0.292. The first-order valence-electron chi connectivity index (χ1n) is 13.7. The zero-order chi connectivity index (χ0) is 28.6. The van der Waals surface area contributed by atoms with Gasteiger partial charge in [-0.25, -0.2) is 14.8 Å². The van der Waals surface area contributed by atoms with Crippen LogP contribution in [-0.2, 0) is 11.3 Å². The lowest BCUT2D eigenvalue weighted by atomic mass is 10.1. The summed E-state index contributed by atoms with van der Waals surface area (Å²) in [6.07, 6.45) is 3.29. The van der Waals surface area contributed by atoms with Gasteiger partial charge >= 0.3 is 6.09 Å². The molecule has 4 aliphatic heterocycles. The highest BCUT2D eigenvalue weighted by molar-refractivity contribution is 5.80. The van der Waals surface area contributed by atoms with E-state index in [1.807, 2.05) is 51.1 Å². The molecule has 1 amide bonds. The van der Waals surface area contributed by atoms with Crippen molar-refractivity contribution in [1.82, 2.24) is 29.4 Å². The molecule has 6 heterocycles. The fraction of sp³-hybridized carbons (Fsp3) is 0.379. The Bertz CT molecular complexity index is 1610. The monoisotopic (exact) mass is 555 g/mol. The van der Waals surface area contributed by atoms with Gasteiger partial charge in [0.05, 0.1) is 12.8 Å². The van der Waals surface area contributed by atoms with Gasteiger partial charge in [0, 0.05) is 62.8 Å². The summed E-state index contributed by atoms with van der Waals surface area (Å²) in [5.41, 5.74) is 3.15. The number of piperazine rings is 1. The van der Waals surface area contributed by atoms with Gasteiger partial charge in [-0.1, -0.05) is 6.07 Å². The second-order valence-corrected chi connectivity index (χ2v) is 10.9. The number of nitrogens with zero attached hydrogens (tertiary/aromatic N) is 8. The molecule has 0 aromatic carbocycles. The van der Waals surface area contributed by atoms with Crippen molar-refractivity contribution in [1.29, 1.82) is 0 Å². The lowest BCUT2D eigenvalue weighted by molar-refractivity contribution is 0.0240. The van der Waals surface area contributed by atoms with Crippen molar-refractivity contribution in [2.24, 2.45) is 4.99 Å². The Kier molecular flexibility index (Phi) is 6.90. The Morgan fingerprint density at radius 3 is 2.59 bits per heavy atom. The van der Waals surface area contributed by atoms with Gasteiger partial charge in [-0.2, -0.15) is 9.97 Å². The average Bonchev–Trinajstić information content (AvgIpc) is 3.47. The Balaban J connectivity index is 1.25. The zero-order valence-corrected chi connectivity index (χ0v) is 23.7. The van der Waals surface area contributed by atoms with Crippen LogP contribution in [0.3, 0.4) is 0 Å². The van der Waals surface area contributed by atoms with Crippen LogP contribution in [0.2, 0.25) is 0 Å². The molecule has 12 nitrogen and oxygen atoms in total. The van der Waals surface area contributed by atoms with E-state index in [1.54, 1.807) is 24.4 Å². The normalized spacial score (nSPS) is 15.6. The van der Waals surface area contributed by atoms with Gasteiger partial charge in [0.15, 0.2) is 0 Å². The number of hydrogen-bond donors (Lipinski definition) is 1. The van der Waals surface area contributed by atoms with E-state index >= 15 is 0 Å². The fourth-order valence-corrected chi connectivity index (χ4v) is 5.02. The molecule has 0 atom stereocenters. The van der Waals surface area contributed by atoms with Crippen molar-refractivity contribution in [2.75, 3.05) is 50.1 Å². The van der Waals surface area contributed by atoms with Crippen molar-refractivity contribution in [2.45, 2.75) is 32.9 Å². The molecule has 0 aliphatic carbocycles. The average molecular weight is 556 g/mol. The van der Waals surface area contributed by atoms with Crippen molar-refractivity contribution in [3.63, 3.8) is 0 Å². The van der Waals surface area contributed by atoms with Crippen molar-refractivity contribution in [3.8, 4) is 28.5 Å². The van der Waals surface area contributed by atoms with Crippen LogP contribution in [-0.4, -0.2) is 80.9 Å². The number of aromatic nitrogens is 5. The van der Waals surface area contributed by atoms with Crippen LogP contribution in [0.4, 0.5) is 22.1 Å². The Morgan fingerprint density at radius 2 is 1.85 bits per heavy atom. The molecular formula is C29H33N9O3. The molecule has 0 radical (unpaired) electrons. The second-order valence-electron chi connectivity index (χ2n) is 10.9. The molecule has 1 fully saturated rings. The summed E-state index contributed by atoms with van der Waals surface area (Å²) in [4.78, 5) is 39.5. The molecule has 12 heteroatoms. The third kappa shape index (κ3) is 5.49. The van der Waals surface area contributed by atoms with E-state index in [4.69, 9.17) is 19.4 Å². The first-order valence-corrected chi connectivity index (χ1v) is 13.7. The molecule has 212 valence electrons. The summed E-state index contributed by atoms with van der Waals surface area (Å²) in [6, 6.07) is 11.7. The smallest absolute Gasteiger partial charge is 0.410 e. The fourth-order valence-electron chi connectivity index (χ4n) is 5.02. The minimum Gasteiger partial charge on any atom is -0.479 e. The molecule has 1 saturated heterocycles. The topological polar surface area (TPSA) is 123 Å². The molecule has 0 spiro atoms. The van der Waals surface area contributed by atoms with E-state index in [9.17, 15) is 4.79 Å². The number of fused-ring (bicyclic) bond motifs is 3. The van der Waals surface area contributed by atoms with Crippen LogP contribution in [0, 0.1) is 0 Å². The molecule has 2 aromatic heterocycles. The number of amides is 1. The Labute approximate surface area is 238 Å². The number of methoxy groups -OCH3 is 1. The van der Waals surface area contributed by atoms with Crippen LogP contribution in [0.5, 0.6) is 5.88 Å². The number of carbonyl (C=O) groups excluding carboxylic acids is 1. The lowest BCUT2D eigenvalue weighted by Crippen LogP contribution is -2.50. The maximum atomic E-state index is 12.4. The maximum Gasteiger partial charge on any atom is 0.410 e.